The molecule has 19 heavy (non-hydrogen) atoms. The van der Waals surface area contributed by atoms with E-state index in [1.54, 1.807) is 7.05 Å². The molecule has 2 aliphatic rings. The Morgan fingerprint density at radius 3 is 2.84 bits per heavy atom. The van der Waals surface area contributed by atoms with Gasteiger partial charge in [-0.3, -0.25) is 4.90 Å². The lowest BCUT2D eigenvalue weighted by atomic mass is 10.2. The third-order valence-electron chi connectivity index (χ3n) is 3.97. The molecule has 2 aliphatic heterocycles. The monoisotopic (exact) mass is 304 g/mol. The first kappa shape index (κ1) is 13.4. The molecule has 0 bridgehead atoms. The average Bonchev–Trinajstić information content (AvgIpc) is 2.96. The quantitative estimate of drug-likeness (QED) is 0.800. The minimum absolute atomic E-state index is 0.0249. The van der Waals surface area contributed by atoms with Crippen LogP contribution in [0.5, 0.6) is 0 Å². The Labute approximate surface area is 118 Å². The molecule has 0 aromatic carbocycles. The summed E-state index contributed by atoms with van der Waals surface area (Å²) in [6.07, 6.45) is 3.66. The maximum Gasteiger partial charge on any atom is 0.263 e. The molecule has 6 nitrogen and oxygen atoms in total. The molecule has 1 aromatic rings. The number of halogens is 1. The van der Waals surface area contributed by atoms with Crippen molar-refractivity contribution in [2.45, 2.75) is 23.9 Å². The number of hydrogen-bond acceptors (Lipinski definition) is 4. The van der Waals surface area contributed by atoms with Crippen LogP contribution in [0.2, 0.25) is 5.15 Å². The predicted octanol–water partition coefficient (Wildman–Crippen LogP) is 0.542. The molecule has 1 aromatic heterocycles. The SMILES string of the molecule is Cn1cnc(S(=O)(=O)N2CCN3CCCC3C2)c1Cl. The Bertz CT molecular complexity index is 586. The highest BCUT2D eigenvalue weighted by atomic mass is 35.5. The van der Waals surface area contributed by atoms with Gasteiger partial charge in [0.1, 0.15) is 5.15 Å². The standard InChI is InChI=1S/C11H17ClN4O2S/c1-14-8-13-11(10(14)12)19(17,18)16-6-5-15-4-2-3-9(15)7-16/h8-9H,2-7H2,1H3. The van der Waals surface area contributed by atoms with Gasteiger partial charge in [0, 0.05) is 32.7 Å². The van der Waals surface area contributed by atoms with E-state index in [0.29, 0.717) is 19.1 Å². The third kappa shape index (κ3) is 2.18. The number of nitrogens with zero attached hydrogens (tertiary/aromatic N) is 4. The maximum absolute atomic E-state index is 12.6. The lowest BCUT2D eigenvalue weighted by molar-refractivity contribution is 0.158. The second-order valence-electron chi connectivity index (χ2n) is 5.15. The first-order valence-corrected chi connectivity index (χ1v) is 8.23. The Morgan fingerprint density at radius 1 is 1.37 bits per heavy atom. The van der Waals surface area contributed by atoms with E-state index in [9.17, 15) is 8.42 Å². The Kier molecular flexibility index (Phi) is 3.33. The van der Waals surface area contributed by atoms with Crippen LogP contribution in [0.4, 0.5) is 0 Å². The highest BCUT2D eigenvalue weighted by molar-refractivity contribution is 7.89. The number of fused-ring (bicyclic) bond motifs is 1. The molecule has 0 radical (unpaired) electrons. The molecule has 0 N–H and O–H groups in total. The molecule has 2 saturated heterocycles. The zero-order chi connectivity index (χ0) is 13.6. The van der Waals surface area contributed by atoms with Gasteiger partial charge in [0.15, 0.2) is 0 Å². The van der Waals surface area contributed by atoms with E-state index in [0.717, 1.165) is 25.9 Å². The number of rotatable bonds is 2. The fourth-order valence-corrected chi connectivity index (χ4v) is 4.73. The second-order valence-corrected chi connectivity index (χ2v) is 7.36. The predicted molar refractivity (Wildman–Crippen MR) is 71.6 cm³/mol. The van der Waals surface area contributed by atoms with Crippen molar-refractivity contribution in [2.75, 3.05) is 26.2 Å². The van der Waals surface area contributed by atoms with Crippen LogP contribution in [-0.2, 0) is 17.1 Å². The van der Waals surface area contributed by atoms with Crippen molar-refractivity contribution in [2.24, 2.45) is 7.05 Å². The zero-order valence-corrected chi connectivity index (χ0v) is 12.4. The van der Waals surface area contributed by atoms with Gasteiger partial charge in [-0.2, -0.15) is 4.31 Å². The summed E-state index contributed by atoms with van der Waals surface area (Å²) in [5.41, 5.74) is 0. The number of aromatic nitrogens is 2. The molecular formula is C11H17ClN4O2S. The summed E-state index contributed by atoms with van der Waals surface area (Å²) in [7, 11) is -1.88. The molecule has 2 fully saturated rings. The van der Waals surface area contributed by atoms with Crippen LogP contribution in [0.1, 0.15) is 12.8 Å². The Morgan fingerprint density at radius 2 is 2.16 bits per heavy atom. The molecule has 8 heteroatoms. The van der Waals surface area contributed by atoms with Crippen molar-refractivity contribution in [1.82, 2.24) is 18.8 Å². The van der Waals surface area contributed by atoms with E-state index in [4.69, 9.17) is 11.6 Å². The minimum atomic E-state index is -3.57. The van der Waals surface area contributed by atoms with Crippen molar-refractivity contribution in [3.63, 3.8) is 0 Å². The summed E-state index contributed by atoms with van der Waals surface area (Å²) in [5.74, 6) is 0. The molecular weight excluding hydrogens is 288 g/mol. The summed E-state index contributed by atoms with van der Waals surface area (Å²) in [5, 5.41) is 0.150. The lowest BCUT2D eigenvalue weighted by Crippen LogP contribution is -2.52. The van der Waals surface area contributed by atoms with Gasteiger partial charge in [-0.05, 0) is 19.4 Å². The van der Waals surface area contributed by atoms with E-state index in [2.05, 4.69) is 9.88 Å². The molecule has 3 rings (SSSR count). The molecule has 0 amide bonds. The lowest BCUT2D eigenvalue weighted by Gasteiger charge is -2.36. The number of aryl methyl sites for hydroxylation is 1. The Hall–Kier alpha value is -0.630. The maximum atomic E-state index is 12.6. The largest absolute Gasteiger partial charge is 0.324 e. The molecule has 106 valence electrons. The molecule has 0 aliphatic carbocycles. The van der Waals surface area contributed by atoms with Gasteiger partial charge in [-0.25, -0.2) is 13.4 Å². The molecule has 0 spiro atoms. The van der Waals surface area contributed by atoms with Crippen LogP contribution in [0.25, 0.3) is 0 Å². The topological polar surface area (TPSA) is 58.4 Å². The van der Waals surface area contributed by atoms with Crippen molar-refractivity contribution in [3.8, 4) is 0 Å². The van der Waals surface area contributed by atoms with E-state index in [1.165, 1.54) is 15.2 Å². The summed E-state index contributed by atoms with van der Waals surface area (Å²) in [6.45, 7) is 2.96. The fraction of sp³-hybridized carbons (Fsp3) is 0.727. The molecule has 1 unspecified atom stereocenters. The van der Waals surface area contributed by atoms with Gasteiger partial charge >= 0.3 is 0 Å². The van der Waals surface area contributed by atoms with E-state index >= 15 is 0 Å². The Balaban J connectivity index is 1.87. The normalized spacial score (nSPS) is 25.7. The van der Waals surface area contributed by atoms with E-state index < -0.39 is 10.0 Å². The highest BCUT2D eigenvalue weighted by Crippen LogP contribution is 2.27. The van der Waals surface area contributed by atoms with E-state index in [-0.39, 0.29) is 10.2 Å². The van der Waals surface area contributed by atoms with Crippen LogP contribution in [0.15, 0.2) is 11.4 Å². The van der Waals surface area contributed by atoms with Crippen molar-refractivity contribution >= 4 is 21.6 Å². The van der Waals surface area contributed by atoms with Gasteiger partial charge in [0.05, 0.1) is 6.33 Å². The first-order chi connectivity index (χ1) is 9.00. The number of imidazole rings is 1. The number of piperazine rings is 1. The van der Waals surface area contributed by atoms with Crippen molar-refractivity contribution in [3.05, 3.63) is 11.5 Å². The van der Waals surface area contributed by atoms with Crippen LogP contribution >= 0.6 is 11.6 Å². The van der Waals surface area contributed by atoms with Crippen LogP contribution < -0.4 is 0 Å². The highest BCUT2D eigenvalue weighted by Gasteiger charge is 2.38. The number of hydrogen-bond donors (Lipinski definition) is 0. The smallest absolute Gasteiger partial charge is 0.263 e. The summed E-state index contributed by atoms with van der Waals surface area (Å²) < 4.78 is 28.1. The molecule has 1 atom stereocenters. The number of sulfonamides is 1. The first-order valence-electron chi connectivity index (χ1n) is 6.41. The van der Waals surface area contributed by atoms with Gasteiger partial charge in [0.25, 0.3) is 10.0 Å². The van der Waals surface area contributed by atoms with Gasteiger partial charge < -0.3 is 4.57 Å². The van der Waals surface area contributed by atoms with Gasteiger partial charge in [0.2, 0.25) is 5.03 Å². The van der Waals surface area contributed by atoms with Crippen LogP contribution in [-0.4, -0.2) is 59.4 Å². The van der Waals surface area contributed by atoms with Crippen molar-refractivity contribution < 1.29 is 8.42 Å². The summed E-state index contributed by atoms with van der Waals surface area (Å²) in [4.78, 5) is 6.30. The average molecular weight is 305 g/mol. The van der Waals surface area contributed by atoms with Crippen LogP contribution in [0.3, 0.4) is 0 Å². The van der Waals surface area contributed by atoms with Crippen molar-refractivity contribution in [1.29, 1.82) is 0 Å². The molecule has 0 saturated carbocycles. The second kappa shape index (κ2) is 4.73. The van der Waals surface area contributed by atoms with E-state index in [1.807, 2.05) is 0 Å². The van der Waals surface area contributed by atoms with Crippen LogP contribution in [0, 0.1) is 0 Å². The van der Waals surface area contributed by atoms with Gasteiger partial charge in [-0.1, -0.05) is 11.6 Å². The fourth-order valence-electron chi connectivity index (χ4n) is 2.87. The van der Waals surface area contributed by atoms with Gasteiger partial charge in [-0.15, -0.1) is 0 Å². The minimum Gasteiger partial charge on any atom is -0.324 e. The molecule has 3 heterocycles. The summed E-state index contributed by atoms with van der Waals surface area (Å²) >= 11 is 6.01. The summed E-state index contributed by atoms with van der Waals surface area (Å²) in [6, 6.07) is 0.353. The zero-order valence-electron chi connectivity index (χ0n) is 10.8. The third-order valence-corrected chi connectivity index (χ3v) is 6.33.